The van der Waals surface area contributed by atoms with Crippen molar-refractivity contribution in [2.24, 2.45) is 0 Å². The summed E-state index contributed by atoms with van der Waals surface area (Å²) in [6, 6.07) is 6.65. The number of nitrogens with zero attached hydrogens (tertiary/aromatic N) is 1. The summed E-state index contributed by atoms with van der Waals surface area (Å²) in [5.74, 6) is -2.76. The zero-order valence-corrected chi connectivity index (χ0v) is 13.0. The Labute approximate surface area is 131 Å². The molecule has 1 aliphatic heterocycles. The van der Waals surface area contributed by atoms with Crippen LogP contribution in [0.1, 0.15) is 12.5 Å². The van der Waals surface area contributed by atoms with Crippen molar-refractivity contribution in [3.05, 3.63) is 28.8 Å². The summed E-state index contributed by atoms with van der Waals surface area (Å²) in [5.41, 5.74) is 2.57. The van der Waals surface area contributed by atoms with Crippen LogP contribution in [0.4, 0.5) is 18.9 Å². The molecule has 2 N–H and O–H groups in total. The van der Waals surface area contributed by atoms with Crippen LogP contribution in [0.25, 0.3) is 0 Å². The van der Waals surface area contributed by atoms with Crippen LogP contribution in [0.15, 0.2) is 18.2 Å². The Balaban J connectivity index is 0.000000295. The average Bonchev–Trinajstić information content (AvgIpc) is 2.42. The van der Waals surface area contributed by atoms with Crippen molar-refractivity contribution in [2.45, 2.75) is 26.1 Å². The molecule has 1 saturated heterocycles. The van der Waals surface area contributed by atoms with E-state index in [2.05, 4.69) is 36.2 Å². The first-order valence-corrected chi connectivity index (χ1v) is 7.04. The molecule has 0 aromatic heterocycles. The van der Waals surface area contributed by atoms with Crippen molar-refractivity contribution in [1.29, 1.82) is 0 Å². The van der Waals surface area contributed by atoms with E-state index in [-0.39, 0.29) is 0 Å². The van der Waals surface area contributed by atoms with Crippen molar-refractivity contribution < 1.29 is 23.1 Å². The maximum Gasteiger partial charge on any atom is 0.490 e. The van der Waals surface area contributed by atoms with E-state index in [0.717, 1.165) is 24.7 Å². The number of hydrogen-bond donors (Lipinski definition) is 2. The Morgan fingerprint density at radius 1 is 1.45 bits per heavy atom. The molecule has 0 unspecified atom stereocenters. The van der Waals surface area contributed by atoms with Crippen LogP contribution in [-0.4, -0.2) is 42.9 Å². The van der Waals surface area contributed by atoms with Crippen molar-refractivity contribution in [3.63, 3.8) is 0 Å². The number of aryl methyl sites for hydroxylation is 1. The number of carbonyl (C=O) groups is 1. The van der Waals surface area contributed by atoms with Crippen LogP contribution in [-0.2, 0) is 4.79 Å². The van der Waals surface area contributed by atoms with Crippen LogP contribution in [0, 0.1) is 6.92 Å². The molecular formula is C14H18ClF3N2O2. The van der Waals surface area contributed by atoms with E-state index in [9.17, 15) is 13.2 Å². The topological polar surface area (TPSA) is 52.6 Å². The zero-order valence-electron chi connectivity index (χ0n) is 12.2. The summed E-state index contributed by atoms with van der Waals surface area (Å²) in [4.78, 5) is 11.3. The maximum atomic E-state index is 10.6. The van der Waals surface area contributed by atoms with Crippen LogP contribution >= 0.6 is 11.6 Å². The molecule has 1 heterocycles. The van der Waals surface area contributed by atoms with Gasteiger partial charge >= 0.3 is 12.1 Å². The van der Waals surface area contributed by atoms with Gasteiger partial charge < -0.3 is 15.3 Å². The predicted octanol–water partition coefficient (Wildman–Crippen LogP) is 3.08. The monoisotopic (exact) mass is 338 g/mol. The molecule has 1 aliphatic rings. The van der Waals surface area contributed by atoms with E-state index < -0.39 is 12.1 Å². The summed E-state index contributed by atoms with van der Waals surface area (Å²) in [6.45, 7) is 7.54. The molecule has 4 nitrogen and oxygen atoms in total. The average molecular weight is 339 g/mol. The van der Waals surface area contributed by atoms with E-state index >= 15 is 0 Å². The summed E-state index contributed by atoms with van der Waals surface area (Å²) in [7, 11) is 0. The lowest BCUT2D eigenvalue weighted by Crippen LogP contribution is -2.50. The number of nitrogens with one attached hydrogen (secondary N) is 1. The molecule has 0 bridgehead atoms. The number of aliphatic carboxylic acids is 1. The highest BCUT2D eigenvalue weighted by molar-refractivity contribution is 6.30. The molecule has 0 saturated carbocycles. The number of piperazine rings is 1. The fourth-order valence-electron chi connectivity index (χ4n) is 2.09. The molecule has 1 aromatic rings. The molecule has 1 fully saturated rings. The number of carboxylic acids is 1. The first-order valence-electron chi connectivity index (χ1n) is 6.66. The molecule has 0 amide bonds. The second-order valence-electron chi connectivity index (χ2n) is 4.98. The van der Waals surface area contributed by atoms with Gasteiger partial charge in [0, 0.05) is 36.4 Å². The first kappa shape index (κ1) is 18.6. The van der Waals surface area contributed by atoms with Crippen LogP contribution in [0.2, 0.25) is 5.02 Å². The molecule has 1 aromatic carbocycles. The number of hydrogen-bond acceptors (Lipinski definition) is 3. The molecule has 8 heteroatoms. The Morgan fingerprint density at radius 2 is 2.05 bits per heavy atom. The van der Waals surface area contributed by atoms with Crippen molar-refractivity contribution in [2.75, 3.05) is 24.5 Å². The molecular weight excluding hydrogens is 321 g/mol. The molecule has 2 rings (SSSR count). The third-order valence-corrected chi connectivity index (χ3v) is 3.46. The third kappa shape index (κ3) is 5.38. The van der Waals surface area contributed by atoms with Gasteiger partial charge in [0.25, 0.3) is 0 Å². The predicted molar refractivity (Wildman–Crippen MR) is 79.6 cm³/mol. The lowest BCUT2D eigenvalue weighted by atomic mass is 10.1. The van der Waals surface area contributed by atoms with E-state index in [0.29, 0.717) is 6.04 Å². The lowest BCUT2D eigenvalue weighted by molar-refractivity contribution is -0.192. The standard InChI is InChI=1S/C12H17ClN2.C2HF3O2/c1-9-3-4-11(13)7-12(9)15-6-5-14-8-10(15)2;3-2(4,5)1(6)7/h3-4,7,10,14H,5-6,8H2,1-2H3;(H,6,7)/t10-;/m0./s1. The fraction of sp³-hybridized carbons (Fsp3) is 0.500. The summed E-state index contributed by atoms with van der Waals surface area (Å²) < 4.78 is 31.7. The van der Waals surface area contributed by atoms with Crippen LogP contribution in [0.3, 0.4) is 0 Å². The van der Waals surface area contributed by atoms with Gasteiger partial charge in [-0.05, 0) is 31.5 Å². The molecule has 1 atom stereocenters. The Hall–Kier alpha value is -1.47. The van der Waals surface area contributed by atoms with Gasteiger partial charge in [0.1, 0.15) is 0 Å². The Bertz CT molecular complexity index is 523. The Morgan fingerprint density at radius 3 is 2.55 bits per heavy atom. The Kier molecular flexibility index (Phi) is 6.49. The van der Waals surface area contributed by atoms with E-state index in [4.69, 9.17) is 21.5 Å². The van der Waals surface area contributed by atoms with Crippen LogP contribution < -0.4 is 10.2 Å². The highest BCUT2D eigenvalue weighted by atomic mass is 35.5. The normalized spacial score (nSPS) is 18.5. The van der Waals surface area contributed by atoms with Gasteiger partial charge in [-0.25, -0.2) is 4.79 Å². The van der Waals surface area contributed by atoms with Crippen molar-refractivity contribution in [3.8, 4) is 0 Å². The van der Waals surface area contributed by atoms with Gasteiger partial charge in [-0.1, -0.05) is 17.7 Å². The van der Waals surface area contributed by atoms with Gasteiger partial charge in [-0.2, -0.15) is 13.2 Å². The number of carboxylic acid groups (broad SMARTS) is 1. The number of anilines is 1. The number of benzene rings is 1. The molecule has 0 aliphatic carbocycles. The molecule has 0 radical (unpaired) electrons. The zero-order chi connectivity index (χ0) is 16.9. The highest BCUT2D eigenvalue weighted by Gasteiger charge is 2.38. The van der Waals surface area contributed by atoms with E-state index in [1.807, 2.05) is 6.07 Å². The van der Waals surface area contributed by atoms with E-state index in [1.165, 1.54) is 11.3 Å². The summed E-state index contributed by atoms with van der Waals surface area (Å²) >= 11 is 6.04. The quantitative estimate of drug-likeness (QED) is 0.826. The maximum absolute atomic E-state index is 10.6. The minimum atomic E-state index is -5.08. The smallest absolute Gasteiger partial charge is 0.475 e. The lowest BCUT2D eigenvalue weighted by Gasteiger charge is -2.36. The fourth-order valence-corrected chi connectivity index (χ4v) is 2.26. The largest absolute Gasteiger partial charge is 0.490 e. The number of halogens is 4. The third-order valence-electron chi connectivity index (χ3n) is 3.22. The SMILES string of the molecule is Cc1ccc(Cl)cc1N1CCNC[C@@H]1C.O=C(O)C(F)(F)F. The van der Waals surface area contributed by atoms with Crippen molar-refractivity contribution >= 4 is 23.3 Å². The second kappa shape index (κ2) is 7.69. The first-order chi connectivity index (χ1) is 10.1. The summed E-state index contributed by atoms with van der Waals surface area (Å²) in [6.07, 6.45) is -5.08. The van der Waals surface area contributed by atoms with Crippen molar-refractivity contribution in [1.82, 2.24) is 5.32 Å². The minimum absolute atomic E-state index is 0.538. The molecule has 124 valence electrons. The van der Waals surface area contributed by atoms with Gasteiger partial charge in [-0.3, -0.25) is 0 Å². The molecule has 0 spiro atoms. The van der Waals surface area contributed by atoms with E-state index in [1.54, 1.807) is 0 Å². The number of rotatable bonds is 1. The minimum Gasteiger partial charge on any atom is -0.475 e. The van der Waals surface area contributed by atoms with Gasteiger partial charge in [0.15, 0.2) is 0 Å². The second-order valence-corrected chi connectivity index (χ2v) is 5.42. The van der Waals surface area contributed by atoms with Crippen LogP contribution in [0.5, 0.6) is 0 Å². The molecule has 22 heavy (non-hydrogen) atoms. The van der Waals surface area contributed by atoms with Gasteiger partial charge in [-0.15, -0.1) is 0 Å². The van der Waals surface area contributed by atoms with Gasteiger partial charge in [0.2, 0.25) is 0 Å². The number of alkyl halides is 3. The van der Waals surface area contributed by atoms with Gasteiger partial charge in [0.05, 0.1) is 0 Å². The summed E-state index contributed by atoms with van der Waals surface area (Å²) in [5, 5.41) is 11.3. The highest BCUT2D eigenvalue weighted by Crippen LogP contribution is 2.26.